The molecular weight excluding hydrogens is 743 g/mol. The first-order valence-corrected chi connectivity index (χ1v) is 21.1. The third-order valence-electron chi connectivity index (χ3n) is 11.2. The predicted molar refractivity (Wildman–Crippen MR) is 209 cm³/mol. The fourth-order valence-electron chi connectivity index (χ4n) is 8.79. The summed E-state index contributed by atoms with van der Waals surface area (Å²) in [7, 11) is -8.83. The molecule has 4 heterocycles. The van der Waals surface area contributed by atoms with Gasteiger partial charge in [0, 0.05) is 59.1 Å². The third-order valence-corrected chi connectivity index (χ3v) is 12.9. The molecule has 3 aromatic rings. The topological polar surface area (TPSA) is 181 Å². The van der Waals surface area contributed by atoms with Gasteiger partial charge in [-0.25, -0.2) is 4.79 Å². The van der Waals surface area contributed by atoms with Crippen LogP contribution >= 0.6 is 0 Å². The quantitative estimate of drug-likeness (QED) is 0.128. The lowest BCUT2D eigenvalue weighted by molar-refractivity contribution is -0.441. The molecule has 12 nitrogen and oxygen atoms in total. The number of aromatic carboxylic acids is 1. The zero-order valence-electron chi connectivity index (χ0n) is 31.1. The number of carbonyl (C=O) groups excluding carboxylic acids is 1. The van der Waals surface area contributed by atoms with Crippen molar-refractivity contribution in [2.75, 3.05) is 23.3 Å². The van der Waals surface area contributed by atoms with Crippen molar-refractivity contribution in [2.24, 2.45) is 0 Å². The van der Waals surface area contributed by atoms with Gasteiger partial charge in [0.2, 0.25) is 11.6 Å². The molecule has 4 N–H and O–H groups in total. The van der Waals surface area contributed by atoms with Crippen LogP contribution in [0.1, 0.15) is 87.7 Å². The molecule has 0 saturated heterocycles. The van der Waals surface area contributed by atoms with Crippen LogP contribution in [0.3, 0.4) is 0 Å². The minimum Gasteiger partial charge on any atom is -0.478 e. The maximum atomic E-state index is 13.4. The summed E-state index contributed by atoms with van der Waals surface area (Å²) in [6, 6.07) is 15.4. The largest absolute Gasteiger partial charge is 0.478 e. The number of rotatable bonds is 9. The summed E-state index contributed by atoms with van der Waals surface area (Å²) in [6.07, 6.45) is 7.97. The van der Waals surface area contributed by atoms with E-state index in [0.29, 0.717) is 12.1 Å². The van der Waals surface area contributed by atoms with Gasteiger partial charge in [0.25, 0.3) is 20.2 Å². The molecule has 0 atom stereocenters. The van der Waals surface area contributed by atoms with E-state index in [2.05, 4.69) is 26.9 Å². The fraction of sp³-hybridized carbons (Fsp3) is 0.341. The number of carboxylic acids is 1. The highest BCUT2D eigenvalue weighted by Crippen LogP contribution is 2.52. The van der Waals surface area contributed by atoms with Crippen molar-refractivity contribution in [2.45, 2.75) is 86.8 Å². The summed E-state index contributed by atoms with van der Waals surface area (Å²) in [5.74, 6) is -1.30. The van der Waals surface area contributed by atoms with E-state index in [1.807, 2.05) is 27.7 Å². The van der Waals surface area contributed by atoms with Gasteiger partial charge >= 0.3 is 5.97 Å². The van der Waals surface area contributed by atoms with Crippen LogP contribution in [0.4, 0.5) is 17.1 Å². The number of benzene rings is 3. The summed E-state index contributed by atoms with van der Waals surface area (Å²) < 4.78 is 70.4. The number of amides is 1. The van der Waals surface area contributed by atoms with Crippen molar-refractivity contribution in [1.29, 1.82) is 0 Å². The lowest BCUT2D eigenvalue weighted by atomic mass is 9.76. The molecule has 0 fully saturated rings. The molecule has 0 spiro atoms. The maximum Gasteiger partial charge on any atom is 0.335 e. The van der Waals surface area contributed by atoms with Crippen LogP contribution in [-0.2, 0) is 35.9 Å². The number of fused-ring (bicyclic) bond motifs is 5. The maximum absolute atomic E-state index is 13.4. The molecular formula is C41H44N3O9S2+. The van der Waals surface area contributed by atoms with Crippen molar-refractivity contribution in [3.05, 3.63) is 112 Å². The van der Waals surface area contributed by atoms with E-state index in [1.165, 1.54) is 24.3 Å². The second-order valence-electron chi connectivity index (χ2n) is 15.6. The number of hydrogen-bond donors (Lipinski definition) is 4. The summed E-state index contributed by atoms with van der Waals surface area (Å²) >= 11 is 0. The average molecular weight is 787 g/mol. The van der Waals surface area contributed by atoms with Crippen molar-refractivity contribution in [1.82, 2.24) is 0 Å². The van der Waals surface area contributed by atoms with E-state index in [9.17, 15) is 40.6 Å². The Bertz CT molecular complexity index is 2510. The van der Waals surface area contributed by atoms with Crippen molar-refractivity contribution >= 4 is 54.9 Å². The average Bonchev–Trinajstić information content (AvgIpc) is 3.50. The molecule has 4 aliphatic rings. The lowest BCUT2D eigenvalue weighted by Gasteiger charge is -2.33. The normalized spacial score (nSPS) is 19.6. The van der Waals surface area contributed by atoms with Gasteiger partial charge in [-0.15, -0.1) is 0 Å². The third kappa shape index (κ3) is 7.08. The summed E-state index contributed by atoms with van der Waals surface area (Å²) in [5, 5.41) is 12.1. The number of hydrogen-bond acceptors (Lipinski definition) is 7. The first-order chi connectivity index (χ1) is 25.8. The Morgan fingerprint density at radius 2 is 1.49 bits per heavy atom. The molecule has 0 radical (unpaired) electrons. The van der Waals surface area contributed by atoms with E-state index in [0.717, 1.165) is 89.4 Å². The number of anilines is 2. The van der Waals surface area contributed by atoms with E-state index < -0.39 is 37.0 Å². The second-order valence-corrected chi connectivity index (χ2v) is 18.5. The molecule has 55 heavy (non-hydrogen) atoms. The number of allylic oxidation sites excluding steroid dienone is 6. The molecule has 288 valence electrons. The van der Waals surface area contributed by atoms with Gasteiger partial charge in [-0.1, -0.05) is 19.9 Å². The molecule has 7 rings (SSSR count). The molecule has 1 amide bonds. The van der Waals surface area contributed by atoms with Gasteiger partial charge in [-0.05, 0) is 117 Å². The van der Waals surface area contributed by atoms with E-state index in [-0.39, 0.29) is 27.7 Å². The van der Waals surface area contributed by atoms with Crippen LogP contribution in [0.25, 0.3) is 0 Å². The predicted octanol–water partition coefficient (Wildman–Crippen LogP) is 7.17. The van der Waals surface area contributed by atoms with Gasteiger partial charge in [0.15, 0.2) is 5.71 Å². The Kier molecular flexibility index (Phi) is 9.56. The molecule has 0 aliphatic carbocycles. The van der Waals surface area contributed by atoms with Crippen molar-refractivity contribution in [3.63, 3.8) is 0 Å². The van der Waals surface area contributed by atoms with E-state index >= 15 is 0 Å². The number of nitrogens with one attached hydrogen (secondary N) is 1. The van der Waals surface area contributed by atoms with Crippen LogP contribution in [0.15, 0.2) is 105 Å². The number of nitrogens with zero attached hydrogens (tertiary/aromatic N) is 2. The smallest absolute Gasteiger partial charge is 0.335 e. The summed E-state index contributed by atoms with van der Waals surface area (Å²) in [6.45, 7) is 9.65. The molecule has 0 bridgehead atoms. The fourth-order valence-corrected chi connectivity index (χ4v) is 9.81. The first-order valence-electron chi connectivity index (χ1n) is 18.2. The lowest BCUT2D eigenvalue weighted by Crippen LogP contribution is -2.34. The van der Waals surface area contributed by atoms with Gasteiger partial charge in [0.05, 0.1) is 20.8 Å². The standard InChI is InChI=1S/C41H43N3O9S2/c1-40(2)32-23-30(54(48,49)50)14-16-34(32)43-19-5-7-27(37(40)43)21-25(9-18-36(45)42-29-12-10-26(11-13-29)39(46)47)22-28-8-6-20-44-35-17-15-31(55(51,52)53)24-33(35)41(3,4)38(28)44/h10-17,21-24H,5-9,18-20H2,1-4H3,(H3-,42,45,46,47,48,49,50,51,52,53)/p+1. The summed E-state index contributed by atoms with van der Waals surface area (Å²) in [4.78, 5) is 26.6. The molecule has 0 aromatic heterocycles. The van der Waals surface area contributed by atoms with Crippen LogP contribution in [0.2, 0.25) is 0 Å². The Morgan fingerprint density at radius 1 is 0.836 bits per heavy atom. The van der Waals surface area contributed by atoms with Gasteiger partial charge in [-0.2, -0.15) is 21.4 Å². The number of carboxylic acid groups (broad SMARTS) is 1. The highest BCUT2D eigenvalue weighted by Gasteiger charge is 2.49. The van der Waals surface area contributed by atoms with E-state index in [4.69, 9.17) is 0 Å². The highest BCUT2D eigenvalue weighted by atomic mass is 32.2. The van der Waals surface area contributed by atoms with Gasteiger partial charge in [0.1, 0.15) is 6.54 Å². The molecule has 3 aromatic carbocycles. The van der Waals surface area contributed by atoms with Crippen molar-refractivity contribution in [3.8, 4) is 0 Å². The molecule has 0 unspecified atom stereocenters. The Balaban J connectivity index is 1.30. The molecule has 0 saturated carbocycles. The van der Waals surface area contributed by atoms with Crippen LogP contribution in [0, 0.1) is 0 Å². The second kappa shape index (κ2) is 13.7. The minimum absolute atomic E-state index is 0.113. The zero-order valence-corrected chi connectivity index (χ0v) is 32.7. The monoisotopic (exact) mass is 786 g/mol. The van der Waals surface area contributed by atoms with Crippen LogP contribution < -0.4 is 10.2 Å². The van der Waals surface area contributed by atoms with Gasteiger partial charge < -0.3 is 15.3 Å². The Hall–Kier alpha value is -4.89. The van der Waals surface area contributed by atoms with E-state index in [1.54, 1.807) is 36.4 Å². The van der Waals surface area contributed by atoms with Gasteiger partial charge in [-0.3, -0.25) is 13.9 Å². The zero-order chi connectivity index (χ0) is 39.7. The highest BCUT2D eigenvalue weighted by molar-refractivity contribution is 7.86. The first kappa shape index (κ1) is 38.4. The molecule has 4 aliphatic heterocycles. The minimum atomic E-state index is -4.41. The Labute approximate surface area is 321 Å². The van der Waals surface area contributed by atoms with Crippen LogP contribution in [-0.4, -0.2) is 66.3 Å². The summed E-state index contributed by atoms with van der Waals surface area (Å²) in [5.41, 5.74) is 7.85. The Morgan fingerprint density at radius 3 is 2.15 bits per heavy atom. The SMILES string of the molecule is CC1(C)C2=C(/C=C(/C=C3\CCC[N+]4=C3C(C)(C)c3cc(S(=O)(=O)O)ccc34)CCC(=O)Nc3ccc(C(=O)O)cc3)CCCN2c2ccc(S(=O)(=O)O)cc21. The molecule has 14 heteroatoms. The number of carbonyl (C=O) groups is 2. The van der Waals surface area contributed by atoms with Crippen molar-refractivity contribution < 1.29 is 45.2 Å². The van der Waals surface area contributed by atoms with Crippen LogP contribution in [0.5, 0.6) is 0 Å².